The topological polar surface area (TPSA) is 104 Å². The van der Waals surface area contributed by atoms with Gasteiger partial charge in [0.05, 0.1) is 0 Å². The molecule has 0 aliphatic rings. The van der Waals surface area contributed by atoms with E-state index in [2.05, 4.69) is 15.0 Å². The van der Waals surface area contributed by atoms with Gasteiger partial charge in [0.15, 0.2) is 5.52 Å². The molecule has 0 fully saturated rings. The van der Waals surface area contributed by atoms with E-state index in [0.717, 1.165) is 0 Å². The first-order chi connectivity index (χ1) is 7.30. The van der Waals surface area contributed by atoms with Crippen molar-refractivity contribution in [1.29, 1.82) is 0 Å². The molecule has 2 rings (SSSR count). The summed E-state index contributed by atoms with van der Waals surface area (Å²) >= 11 is 0. The van der Waals surface area contributed by atoms with Gasteiger partial charge in [0.1, 0.15) is 5.65 Å². The molecule has 2 aromatic heterocycles. The predicted molar refractivity (Wildman–Crippen MR) is 44.8 cm³/mol. The number of hydrogen-bond acceptors (Lipinski definition) is 3. The SMILES string of the molecule is [2H]C([2H])([2H])n1c(=O)[nH]c2[nH]c(=O)[nH]c2c1=O. The minimum absolute atomic E-state index is 0.0686. The molecule has 0 aliphatic heterocycles. The van der Waals surface area contributed by atoms with Crippen LogP contribution in [-0.2, 0) is 6.98 Å². The predicted octanol–water partition coefficient (Wildman–Crippen LogP) is -1.76. The highest BCUT2D eigenvalue weighted by Crippen LogP contribution is 1.90. The quantitative estimate of drug-likeness (QED) is 0.453. The number of nitrogens with one attached hydrogen (secondary N) is 3. The van der Waals surface area contributed by atoms with Crippen LogP contribution in [0, 0.1) is 0 Å². The number of hydrogen-bond donors (Lipinski definition) is 3. The Morgan fingerprint density at radius 2 is 2.00 bits per heavy atom. The van der Waals surface area contributed by atoms with Crippen molar-refractivity contribution in [2.24, 2.45) is 6.98 Å². The second kappa shape index (κ2) is 2.22. The fraction of sp³-hybridized carbons (Fsp3) is 0.167. The van der Waals surface area contributed by atoms with E-state index < -0.39 is 23.9 Å². The van der Waals surface area contributed by atoms with Crippen LogP contribution in [-0.4, -0.2) is 19.5 Å². The number of fused-ring (bicyclic) bond motifs is 1. The highest BCUT2D eigenvalue weighted by molar-refractivity contribution is 5.67. The zero-order valence-corrected chi connectivity index (χ0v) is 6.17. The Balaban J connectivity index is 3.03. The third-order valence-corrected chi connectivity index (χ3v) is 1.58. The van der Waals surface area contributed by atoms with Crippen LogP contribution in [0.4, 0.5) is 0 Å². The number of imidazole rings is 1. The van der Waals surface area contributed by atoms with Crippen LogP contribution >= 0.6 is 0 Å². The van der Waals surface area contributed by atoms with Crippen LogP contribution in [0.15, 0.2) is 14.4 Å². The lowest BCUT2D eigenvalue weighted by Crippen LogP contribution is -2.32. The summed E-state index contributed by atoms with van der Waals surface area (Å²) in [6.45, 7) is -2.90. The fourth-order valence-electron chi connectivity index (χ4n) is 1.00. The normalized spacial score (nSPS) is 15.2. The standard InChI is InChI=1S/C6H6N4O3/c1-10-4(11)2-3(9-6(10)13)8-5(12)7-2/h1H3,(H,9,13)(H2,7,8,12)/i1D3. The lowest BCUT2D eigenvalue weighted by molar-refractivity contribution is 0.790. The molecule has 13 heavy (non-hydrogen) atoms. The monoisotopic (exact) mass is 185 g/mol. The van der Waals surface area contributed by atoms with Crippen LogP contribution < -0.4 is 16.9 Å². The van der Waals surface area contributed by atoms with Gasteiger partial charge in [-0.3, -0.25) is 24.3 Å². The van der Waals surface area contributed by atoms with Crippen molar-refractivity contribution in [2.45, 2.75) is 0 Å². The molecular formula is C6H6N4O3. The molecule has 7 nitrogen and oxygen atoms in total. The van der Waals surface area contributed by atoms with E-state index in [0.29, 0.717) is 0 Å². The van der Waals surface area contributed by atoms with Gasteiger partial charge in [-0.05, 0) is 0 Å². The minimum Gasteiger partial charge on any atom is -0.300 e. The molecule has 7 heteroatoms. The Morgan fingerprint density at radius 1 is 1.23 bits per heavy atom. The van der Waals surface area contributed by atoms with Crippen LogP contribution in [0.3, 0.4) is 0 Å². The van der Waals surface area contributed by atoms with Gasteiger partial charge in [-0.15, -0.1) is 0 Å². The maximum atomic E-state index is 11.6. The molecule has 0 saturated heterocycles. The molecular weight excluding hydrogens is 176 g/mol. The Bertz CT molecular complexity index is 715. The second-order valence-corrected chi connectivity index (χ2v) is 2.40. The molecule has 0 bridgehead atoms. The van der Waals surface area contributed by atoms with Crippen molar-refractivity contribution in [3.63, 3.8) is 0 Å². The van der Waals surface area contributed by atoms with E-state index >= 15 is 0 Å². The summed E-state index contributed by atoms with van der Waals surface area (Å²) in [5.41, 5.74) is -3.28. The van der Waals surface area contributed by atoms with Crippen LogP contribution in [0.1, 0.15) is 4.11 Å². The summed E-state index contributed by atoms with van der Waals surface area (Å²) in [5, 5.41) is 0. The van der Waals surface area contributed by atoms with Gasteiger partial charge in [0, 0.05) is 11.1 Å². The Labute approximate surface area is 74.3 Å². The molecule has 0 aliphatic carbocycles. The van der Waals surface area contributed by atoms with E-state index in [1.54, 1.807) is 0 Å². The molecule has 0 amide bonds. The largest absolute Gasteiger partial charge is 0.329 e. The summed E-state index contributed by atoms with van der Waals surface area (Å²) in [6, 6.07) is 0. The van der Waals surface area contributed by atoms with Crippen molar-refractivity contribution in [3.05, 3.63) is 31.3 Å². The van der Waals surface area contributed by atoms with Crippen molar-refractivity contribution >= 4 is 11.2 Å². The average Bonchev–Trinajstić information content (AvgIpc) is 2.43. The van der Waals surface area contributed by atoms with Crippen molar-refractivity contribution in [2.75, 3.05) is 0 Å². The van der Waals surface area contributed by atoms with Gasteiger partial charge >= 0.3 is 11.4 Å². The first-order valence-corrected chi connectivity index (χ1v) is 3.28. The molecule has 3 N–H and O–H groups in total. The maximum Gasteiger partial charge on any atom is 0.329 e. The Morgan fingerprint density at radius 3 is 2.69 bits per heavy atom. The van der Waals surface area contributed by atoms with E-state index in [9.17, 15) is 14.4 Å². The van der Waals surface area contributed by atoms with Gasteiger partial charge < -0.3 is 0 Å². The number of aromatic amines is 3. The van der Waals surface area contributed by atoms with Crippen LogP contribution in [0.2, 0.25) is 0 Å². The third-order valence-electron chi connectivity index (χ3n) is 1.58. The number of H-pyrrole nitrogens is 3. The third kappa shape index (κ3) is 0.934. The Kier molecular flexibility index (Phi) is 0.828. The summed E-state index contributed by atoms with van der Waals surface area (Å²) in [6.07, 6.45) is 0. The zero-order valence-electron chi connectivity index (χ0n) is 9.17. The molecule has 2 heterocycles. The van der Waals surface area contributed by atoms with E-state index in [-0.39, 0.29) is 15.7 Å². The summed E-state index contributed by atoms with van der Waals surface area (Å²) < 4.78 is 21.1. The number of nitrogens with zero attached hydrogens (tertiary/aromatic N) is 1. The fourth-order valence-corrected chi connectivity index (χ4v) is 1.00. The molecule has 68 valence electrons. The minimum atomic E-state index is -2.90. The van der Waals surface area contributed by atoms with Gasteiger partial charge in [-0.1, -0.05) is 0 Å². The van der Waals surface area contributed by atoms with Gasteiger partial charge in [-0.2, -0.15) is 0 Å². The summed E-state index contributed by atoms with van der Waals surface area (Å²) in [4.78, 5) is 40.2. The highest BCUT2D eigenvalue weighted by atomic mass is 16.2. The molecule has 0 spiro atoms. The maximum absolute atomic E-state index is 11.6. The van der Waals surface area contributed by atoms with Gasteiger partial charge in [-0.25, -0.2) is 9.59 Å². The van der Waals surface area contributed by atoms with Gasteiger partial charge in [0.25, 0.3) is 5.56 Å². The van der Waals surface area contributed by atoms with Crippen LogP contribution in [0.25, 0.3) is 11.2 Å². The van der Waals surface area contributed by atoms with Crippen molar-refractivity contribution < 1.29 is 4.11 Å². The molecule has 0 unspecified atom stereocenters. The van der Waals surface area contributed by atoms with Crippen molar-refractivity contribution in [1.82, 2.24) is 19.5 Å². The Hall–Kier alpha value is -2.05. The van der Waals surface area contributed by atoms with Gasteiger partial charge in [0.2, 0.25) is 0 Å². The summed E-state index contributed by atoms with van der Waals surface area (Å²) in [5.74, 6) is 0. The smallest absolute Gasteiger partial charge is 0.300 e. The molecule has 0 saturated carbocycles. The average molecular weight is 185 g/mol. The number of rotatable bonds is 0. The van der Waals surface area contributed by atoms with E-state index in [4.69, 9.17) is 4.11 Å². The molecule has 2 aromatic rings. The zero-order chi connectivity index (χ0) is 12.1. The first-order valence-electron chi connectivity index (χ1n) is 4.78. The van der Waals surface area contributed by atoms with E-state index in [1.165, 1.54) is 0 Å². The van der Waals surface area contributed by atoms with Crippen molar-refractivity contribution in [3.8, 4) is 0 Å². The molecule has 0 aromatic carbocycles. The summed E-state index contributed by atoms with van der Waals surface area (Å²) in [7, 11) is 0. The highest BCUT2D eigenvalue weighted by Gasteiger charge is 2.06. The van der Waals surface area contributed by atoms with Crippen LogP contribution in [0.5, 0.6) is 0 Å². The lowest BCUT2D eigenvalue weighted by Gasteiger charge is -1.93. The first kappa shape index (κ1) is 4.85. The molecule has 0 atom stereocenters. The second-order valence-electron chi connectivity index (χ2n) is 2.40. The lowest BCUT2D eigenvalue weighted by atomic mass is 10.5. The van der Waals surface area contributed by atoms with E-state index in [1.807, 2.05) is 0 Å². The molecule has 0 radical (unpaired) electrons. The number of aromatic nitrogens is 4.